The number of thioether (sulfide) groups is 1. The number of furan rings is 1. The van der Waals surface area contributed by atoms with Crippen LogP contribution < -0.4 is 5.56 Å². The standard InChI is InChI=1S/C23H26ClN3O3S/c1-3-17-7-4-5-11-26(17)21(28)15(2)31-23-25-20-13-16(24)9-10-19(20)22(29)27(23)14-18-8-6-12-30-18/h6,8-10,12-13,15,17H,3-5,7,11,14H2,1-2H3. The fraction of sp³-hybridized carbons (Fsp3) is 0.435. The Morgan fingerprint density at radius 2 is 2.19 bits per heavy atom. The van der Waals surface area contributed by atoms with Gasteiger partial charge < -0.3 is 9.32 Å². The number of halogens is 1. The van der Waals surface area contributed by atoms with E-state index >= 15 is 0 Å². The van der Waals surface area contributed by atoms with Crippen LogP contribution in [0.4, 0.5) is 0 Å². The smallest absolute Gasteiger partial charge is 0.262 e. The zero-order chi connectivity index (χ0) is 22.0. The highest BCUT2D eigenvalue weighted by Crippen LogP contribution is 2.28. The minimum atomic E-state index is -0.362. The summed E-state index contributed by atoms with van der Waals surface area (Å²) in [5.74, 6) is 0.752. The largest absolute Gasteiger partial charge is 0.467 e. The van der Waals surface area contributed by atoms with Crippen molar-refractivity contribution < 1.29 is 9.21 Å². The van der Waals surface area contributed by atoms with Crippen molar-refractivity contribution in [3.8, 4) is 0 Å². The third-order valence-corrected chi connectivity index (χ3v) is 7.10. The van der Waals surface area contributed by atoms with Crippen LogP contribution in [0.5, 0.6) is 0 Å². The quantitative estimate of drug-likeness (QED) is 0.385. The van der Waals surface area contributed by atoms with Gasteiger partial charge in [-0.25, -0.2) is 4.98 Å². The first-order valence-electron chi connectivity index (χ1n) is 10.7. The summed E-state index contributed by atoms with van der Waals surface area (Å²) in [6.45, 7) is 5.06. The van der Waals surface area contributed by atoms with Crippen molar-refractivity contribution in [3.63, 3.8) is 0 Å². The van der Waals surface area contributed by atoms with E-state index in [0.717, 1.165) is 25.8 Å². The average molecular weight is 460 g/mol. The van der Waals surface area contributed by atoms with Crippen molar-refractivity contribution in [3.05, 3.63) is 57.7 Å². The van der Waals surface area contributed by atoms with Gasteiger partial charge in [0.2, 0.25) is 5.91 Å². The predicted octanol–water partition coefficient (Wildman–Crippen LogP) is 4.96. The molecule has 3 heterocycles. The summed E-state index contributed by atoms with van der Waals surface area (Å²) in [5.41, 5.74) is 0.351. The van der Waals surface area contributed by atoms with Crippen LogP contribution in [0.25, 0.3) is 10.9 Å². The lowest BCUT2D eigenvalue weighted by molar-refractivity contribution is -0.134. The number of likely N-dealkylation sites (tertiary alicyclic amines) is 1. The minimum absolute atomic E-state index is 0.0986. The first kappa shape index (κ1) is 22.0. The van der Waals surface area contributed by atoms with Gasteiger partial charge in [-0.3, -0.25) is 14.2 Å². The monoisotopic (exact) mass is 459 g/mol. The summed E-state index contributed by atoms with van der Waals surface area (Å²) in [7, 11) is 0. The predicted molar refractivity (Wildman–Crippen MR) is 124 cm³/mol. The van der Waals surface area contributed by atoms with Gasteiger partial charge in [0.05, 0.1) is 29.0 Å². The zero-order valence-corrected chi connectivity index (χ0v) is 19.3. The topological polar surface area (TPSA) is 68.3 Å². The third-order valence-electron chi connectivity index (χ3n) is 5.79. The molecule has 8 heteroatoms. The van der Waals surface area contributed by atoms with E-state index in [0.29, 0.717) is 26.8 Å². The van der Waals surface area contributed by atoms with Crippen LogP contribution in [0, 0.1) is 0 Å². The van der Waals surface area contributed by atoms with Crippen molar-refractivity contribution >= 4 is 40.2 Å². The van der Waals surface area contributed by atoms with Gasteiger partial charge >= 0.3 is 0 Å². The molecular formula is C23H26ClN3O3S. The van der Waals surface area contributed by atoms with E-state index in [2.05, 4.69) is 6.92 Å². The molecule has 6 nitrogen and oxygen atoms in total. The van der Waals surface area contributed by atoms with Gasteiger partial charge in [-0.05, 0) is 62.9 Å². The molecule has 4 rings (SSSR count). The number of amides is 1. The molecule has 0 radical (unpaired) electrons. The van der Waals surface area contributed by atoms with Gasteiger partial charge in [0.1, 0.15) is 5.76 Å². The molecule has 2 unspecified atom stereocenters. The van der Waals surface area contributed by atoms with Crippen molar-refractivity contribution in [2.75, 3.05) is 6.54 Å². The maximum absolute atomic E-state index is 13.3. The van der Waals surface area contributed by atoms with Gasteiger partial charge in [0.25, 0.3) is 5.56 Å². The normalized spacial score (nSPS) is 17.8. The second-order valence-electron chi connectivity index (χ2n) is 7.88. The summed E-state index contributed by atoms with van der Waals surface area (Å²) < 4.78 is 7.04. The van der Waals surface area contributed by atoms with Crippen molar-refractivity contribution in [1.29, 1.82) is 0 Å². The first-order chi connectivity index (χ1) is 15.0. The number of nitrogens with zero attached hydrogens (tertiary/aromatic N) is 3. The average Bonchev–Trinajstić information content (AvgIpc) is 3.29. The van der Waals surface area contributed by atoms with E-state index in [9.17, 15) is 9.59 Å². The number of benzene rings is 1. The van der Waals surface area contributed by atoms with Gasteiger partial charge in [0, 0.05) is 17.6 Å². The maximum atomic E-state index is 13.3. The summed E-state index contributed by atoms with van der Waals surface area (Å²) in [4.78, 5) is 33.2. The molecule has 0 saturated carbocycles. The molecular weight excluding hydrogens is 434 g/mol. The van der Waals surface area contributed by atoms with Crippen LogP contribution in [-0.2, 0) is 11.3 Å². The molecule has 0 aliphatic carbocycles. The molecule has 3 aromatic rings. The van der Waals surface area contributed by atoms with Crippen LogP contribution in [0.2, 0.25) is 5.02 Å². The molecule has 0 bridgehead atoms. The number of fused-ring (bicyclic) bond motifs is 1. The third kappa shape index (κ3) is 4.67. The summed E-state index contributed by atoms with van der Waals surface area (Å²) in [5, 5.41) is 1.13. The Hall–Kier alpha value is -2.25. The maximum Gasteiger partial charge on any atom is 0.262 e. The molecule has 0 N–H and O–H groups in total. The fourth-order valence-electron chi connectivity index (χ4n) is 4.12. The number of carbonyl (C=O) groups is 1. The Morgan fingerprint density at radius 1 is 1.35 bits per heavy atom. The lowest BCUT2D eigenvalue weighted by Crippen LogP contribution is -2.46. The molecule has 164 valence electrons. The second-order valence-corrected chi connectivity index (χ2v) is 9.62. The Labute approximate surface area is 190 Å². The summed E-state index contributed by atoms with van der Waals surface area (Å²) in [6.07, 6.45) is 5.79. The molecule has 1 aromatic carbocycles. The van der Waals surface area contributed by atoms with Crippen LogP contribution in [0.1, 0.15) is 45.3 Å². The minimum Gasteiger partial charge on any atom is -0.467 e. The number of aromatic nitrogens is 2. The molecule has 1 aliphatic rings. The lowest BCUT2D eigenvalue weighted by atomic mass is 10.00. The first-order valence-corrected chi connectivity index (χ1v) is 11.9. The van der Waals surface area contributed by atoms with Crippen molar-refractivity contribution in [2.24, 2.45) is 0 Å². The van der Waals surface area contributed by atoms with Crippen molar-refractivity contribution in [2.45, 2.75) is 62.5 Å². The van der Waals surface area contributed by atoms with Gasteiger partial charge in [-0.2, -0.15) is 0 Å². The zero-order valence-electron chi connectivity index (χ0n) is 17.7. The molecule has 2 atom stereocenters. The summed E-state index contributed by atoms with van der Waals surface area (Å²) in [6, 6.07) is 8.95. The van der Waals surface area contributed by atoms with Crippen molar-refractivity contribution in [1.82, 2.24) is 14.5 Å². The highest BCUT2D eigenvalue weighted by atomic mass is 35.5. The number of hydrogen-bond acceptors (Lipinski definition) is 5. The molecule has 1 amide bonds. The number of hydrogen-bond donors (Lipinski definition) is 0. The molecule has 2 aromatic heterocycles. The van der Waals surface area contributed by atoms with Crippen LogP contribution in [-0.4, -0.2) is 38.2 Å². The molecule has 31 heavy (non-hydrogen) atoms. The Morgan fingerprint density at radius 3 is 2.94 bits per heavy atom. The van der Waals surface area contributed by atoms with E-state index < -0.39 is 0 Å². The van der Waals surface area contributed by atoms with E-state index in [4.69, 9.17) is 21.0 Å². The SMILES string of the molecule is CCC1CCCCN1C(=O)C(C)Sc1nc2cc(Cl)ccc2c(=O)n1Cc1ccco1. The summed E-state index contributed by atoms with van der Waals surface area (Å²) >= 11 is 7.45. The highest BCUT2D eigenvalue weighted by Gasteiger charge is 2.30. The van der Waals surface area contributed by atoms with Gasteiger partial charge in [-0.1, -0.05) is 30.3 Å². The Bertz CT molecular complexity index is 1130. The van der Waals surface area contributed by atoms with Crippen LogP contribution in [0.3, 0.4) is 0 Å². The lowest BCUT2D eigenvalue weighted by Gasteiger charge is -2.36. The van der Waals surface area contributed by atoms with E-state index in [1.165, 1.54) is 18.2 Å². The highest BCUT2D eigenvalue weighted by molar-refractivity contribution is 8.00. The number of rotatable bonds is 6. The van der Waals surface area contributed by atoms with Gasteiger partial charge in [0.15, 0.2) is 5.16 Å². The molecule has 1 aliphatic heterocycles. The Kier molecular flexibility index (Phi) is 6.72. The molecule has 1 fully saturated rings. The number of carbonyl (C=O) groups excluding carboxylic acids is 1. The molecule has 1 saturated heterocycles. The van der Waals surface area contributed by atoms with Crippen LogP contribution in [0.15, 0.2) is 51.0 Å². The van der Waals surface area contributed by atoms with Gasteiger partial charge in [-0.15, -0.1) is 0 Å². The molecule has 0 spiro atoms. The van der Waals surface area contributed by atoms with E-state index in [-0.39, 0.29) is 29.3 Å². The fourth-order valence-corrected chi connectivity index (χ4v) is 5.26. The second kappa shape index (κ2) is 9.49. The van der Waals surface area contributed by atoms with Crippen LogP contribution >= 0.6 is 23.4 Å². The van der Waals surface area contributed by atoms with E-state index in [1.807, 2.05) is 17.9 Å². The van der Waals surface area contributed by atoms with E-state index in [1.54, 1.807) is 35.1 Å². The number of piperidine rings is 1. The Balaban J connectivity index is 1.69.